The van der Waals surface area contributed by atoms with E-state index in [1.165, 1.54) is 13.2 Å². The Morgan fingerprint density at radius 3 is 1.89 bits per heavy atom. The predicted octanol–water partition coefficient (Wildman–Crippen LogP) is 1.85. The summed E-state index contributed by atoms with van der Waals surface area (Å²) in [6, 6.07) is -2.31. The van der Waals surface area contributed by atoms with Crippen molar-refractivity contribution in [3.8, 4) is 0 Å². The highest BCUT2D eigenvalue weighted by Gasteiger charge is 2.31. The fourth-order valence-electron chi connectivity index (χ4n) is 2.00. The summed E-state index contributed by atoms with van der Waals surface area (Å²) < 4.78 is 15.0. The molecule has 0 aromatic rings. The molecule has 2 N–H and O–H groups in total. The van der Waals surface area contributed by atoms with E-state index in [9.17, 15) is 19.2 Å². The Kier molecular flexibility index (Phi) is 9.69. The van der Waals surface area contributed by atoms with E-state index in [2.05, 4.69) is 21.9 Å². The number of hydrogen-bond acceptors (Lipinski definition) is 7. The number of esters is 2. The van der Waals surface area contributed by atoms with Crippen LogP contribution in [0.5, 0.6) is 0 Å². The second kappa shape index (κ2) is 10.7. The van der Waals surface area contributed by atoms with Crippen LogP contribution in [0.3, 0.4) is 0 Å². The summed E-state index contributed by atoms with van der Waals surface area (Å²) >= 11 is 0. The van der Waals surface area contributed by atoms with Crippen LogP contribution >= 0.6 is 0 Å². The lowest BCUT2D eigenvalue weighted by Crippen LogP contribution is -2.53. The number of ether oxygens (including phenoxy) is 3. The van der Waals surface area contributed by atoms with Gasteiger partial charge in [-0.3, -0.25) is 9.59 Å². The van der Waals surface area contributed by atoms with Gasteiger partial charge < -0.3 is 24.8 Å². The average Bonchev–Trinajstić information content (AvgIpc) is 2.49. The summed E-state index contributed by atoms with van der Waals surface area (Å²) in [5, 5.41) is 4.78. The van der Waals surface area contributed by atoms with Gasteiger partial charge in [-0.05, 0) is 48.0 Å². The van der Waals surface area contributed by atoms with Crippen molar-refractivity contribution in [1.82, 2.24) is 10.6 Å². The zero-order valence-corrected chi connectivity index (χ0v) is 17.7. The molecule has 0 radical (unpaired) electrons. The van der Waals surface area contributed by atoms with Gasteiger partial charge in [-0.2, -0.15) is 0 Å². The molecule has 0 saturated carbocycles. The highest BCUT2D eigenvalue weighted by atomic mass is 16.6. The van der Waals surface area contributed by atoms with E-state index in [0.717, 1.165) is 0 Å². The molecular weight excluding hydrogens is 368 g/mol. The number of hydrogen-bond donors (Lipinski definition) is 2. The van der Waals surface area contributed by atoms with Crippen LogP contribution in [0.2, 0.25) is 0 Å². The number of methoxy groups -OCH3 is 1. The van der Waals surface area contributed by atoms with Crippen LogP contribution in [0.15, 0.2) is 12.7 Å². The molecule has 0 spiro atoms. The van der Waals surface area contributed by atoms with Gasteiger partial charge in [0.15, 0.2) is 0 Å². The zero-order chi connectivity index (χ0) is 22.1. The van der Waals surface area contributed by atoms with Crippen LogP contribution in [0.1, 0.15) is 54.4 Å². The maximum atomic E-state index is 12.6. The lowest BCUT2D eigenvalue weighted by Gasteiger charge is -2.25. The lowest BCUT2D eigenvalue weighted by molar-refractivity contribution is -0.156. The van der Waals surface area contributed by atoms with Gasteiger partial charge in [0, 0.05) is 0 Å². The molecule has 0 unspecified atom stereocenters. The largest absolute Gasteiger partial charge is 0.467 e. The summed E-state index contributed by atoms with van der Waals surface area (Å²) in [5.41, 5.74) is -1.56. The van der Waals surface area contributed by atoms with E-state index in [4.69, 9.17) is 9.47 Å². The molecule has 9 heteroatoms. The van der Waals surface area contributed by atoms with Crippen molar-refractivity contribution in [2.75, 3.05) is 7.11 Å². The Morgan fingerprint density at radius 1 is 0.929 bits per heavy atom. The molecule has 2 atom stereocenters. The van der Waals surface area contributed by atoms with Crippen LogP contribution in [0.4, 0.5) is 4.79 Å². The molecule has 0 rings (SSSR count). The Morgan fingerprint density at radius 2 is 1.46 bits per heavy atom. The first kappa shape index (κ1) is 25.4. The summed E-state index contributed by atoms with van der Waals surface area (Å²) in [7, 11) is 1.18. The monoisotopic (exact) mass is 400 g/mol. The third-order valence-corrected chi connectivity index (χ3v) is 3.00. The van der Waals surface area contributed by atoms with Crippen LogP contribution in [-0.4, -0.2) is 54.3 Å². The molecule has 0 saturated heterocycles. The first-order valence-electron chi connectivity index (χ1n) is 8.89. The highest BCUT2D eigenvalue weighted by molar-refractivity contribution is 5.92. The molecule has 0 aromatic heterocycles. The van der Waals surface area contributed by atoms with Crippen molar-refractivity contribution in [3.63, 3.8) is 0 Å². The van der Waals surface area contributed by atoms with Gasteiger partial charge in [0.2, 0.25) is 5.91 Å². The van der Waals surface area contributed by atoms with E-state index in [0.29, 0.717) is 0 Å². The summed E-state index contributed by atoms with van der Waals surface area (Å²) in [6.45, 7) is 13.5. The fourth-order valence-corrected chi connectivity index (χ4v) is 2.00. The van der Waals surface area contributed by atoms with Crippen LogP contribution in [0, 0.1) is 0 Å². The predicted molar refractivity (Wildman–Crippen MR) is 102 cm³/mol. The number of carbonyl (C=O) groups excluding carboxylic acids is 4. The van der Waals surface area contributed by atoms with Gasteiger partial charge in [0.1, 0.15) is 23.3 Å². The van der Waals surface area contributed by atoms with E-state index in [-0.39, 0.29) is 6.42 Å². The Labute approximate surface area is 166 Å². The van der Waals surface area contributed by atoms with Crippen molar-refractivity contribution in [3.05, 3.63) is 12.7 Å². The normalized spacial score (nSPS) is 13.5. The van der Waals surface area contributed by atoms with Crippen LogP contribution < -0.4 is 10.6 Å². The number of rotatable bonds is 8. The maximum absolute atomic E-state index is 12.6. The molecule has 2 amide bonds. The van der Waals surface area contributed by atoms with Gasteiger partial charge in [-0.25, -0.2) is 9.59 Å². The van der Waals surface area contributed by atoms with E-state index in [1.54, 1.807) is 41.5 Å². The minimum Gasteiger partial charge on any atom is -0.467 e. The maximum Gasteiger partial charge on any atom is 0.408 e. The molecule has 28 heavy (non-hydrogen) atoms. The Bertz CT molecular complexity index is 558. The highest BCUT2D eigenvalue weighted by Crippen LogP contribution is 2.11. The average molecular weight is 400 g/mol. The fraction of sp³-hybridized carbons (Fsp3) is 0.684. The molecule has 0 bridgehead atoms. The molecule has 160 valence electrons. The molecular formula is C19H32N2O7. The van der Waals surface area contributed by atoms with Crippen molar-refractivity contribution >= 4 is 23.9 Å². The van der Waals surface area contributed by atoms with E-state index in [1.807, 2.05) is 0 Å². The summed E-state index contributed by atoms with van der Waals surface area (Å²) in [6.07, 6.45) is 0.231. The third kappa shape index (κ3) is 11.2. The Hall–Kier alpha value is -2.58. The lowest BCUT2D eigenvalue weighted by atomic mass is 10.1. The Balaban J connectivity index is 5.35. The topological polar surface area (TPSA) is 120 Å². The second-order valence-corrected chi connectivity index (χ2v) is 8.10. The first-order valence-corrected chi connectivity index (χ1v) is 8.89. The minimum absolute atomic E-state index is 0.115. The number of amides is 2. The van der Waals surface area contributed by atoms with Crippen molar-refractivity contribution in [2.24, 2.45) is 0 Å². The quantitative estimate of drug-likeness (QED) is 0.362. The first-order chi connectivity index (χ1) is 12.7. The molecule has 0 heterocycles. The van der Waals surface area contributed by atoms with Gasteiger partial charge in [0.05, 0.1) is 13.5 Å². The summed E-state index contributed by atoms with van der Waals surface area (Å²) in [4.78, 5) is 48.6. The second-order valence-electron chi connectivity index (χ2n) is 8.10. The number of carbonyl (C=O) groups is 4. The van der Waals surface area contributed by atoms with Gasteiger partial charge in [0.25, 0.3) is 0 Å². The van der Waals surface area contributed by atoms with Gasteiger partial charge in [-0.1, -0.05) is 6.08 Å². The molecule has 0 aliphatic rings. The molecule has 9 nitrogen and oxygen atoms in total. The van der Waals surface area contributed by atoms with Crippen molar-refractivity contribution in [1.29, 1.82) is 0 Å². The van der Waals surface area contributed by atoms with Crippen LogP contribution in [0.25, 0.3) is 0 Å². The zero-order valence-electron chi connectivity index (χ0n) is 17.7. The standard InChI is InChI=1S/C19H32N2O7/c1-9-10-12(16(24)26-8)20-15(23)13(11-14(22)27-18(2,3)4)21-17(25)28-19(5,6)7/h9,12-13H,1,10-11H2,2-8H3,(H,20,23)(H,21,25)/t12-,13+/m0/s1. The molecule has 0 aliphatic heterocycles. The smallest absolute Gasteiger partial charge is 0.408 e. The minimum atomic E-state index is -1.30. The summed E-state index contributed by atoms with van der Waals surface area (Å²) in [5.74, 6) is -2.13. The van der Waals surface area contributed by atoms with E-state index < -0.39 is 53.6 Å². The van der Waals surface area contributed by atoms with E-state index >= 15 is 0 Å². The van der Waals surface area contributed by atoms with Crippen molar-refractivity contribution < 1.29 is 33.4 Å². The van der Waals surface area contributed by atoms with Gasteiger partial charge in [-0.15, -0.1) is 6.58 Å². The van der Waals surface area contributed by atoms with Crippen molar-refractivity contribution in [2.45, 2.75) is 77.7 Å². The number of nitrogens with one attached hydrogen (secondary N) is 2. The van der Waals surface area contributed by atoms with Crippen LogP contribution in [-0.2, 0) is 28.6 Å². The van der Waals surface area contributed by atoms with Gasteiger partial charge >= 0.3 is 18.0 Å². The SMILES string of the molecule is C=CC[C@H](NC(=O)[C@@H](CC(=O)OC(C)(C)C)NC(=O)OC(C)(C)C)C(=O)OC. The molecule has 0 fully saturated rings. The third-order valence-electron chi connectivity index (χ3n) is 3.00. The molecule has 0 aromatic carbocycles. The number of alkyl carbamates (subject to hydrolysis) is 1. The molecule has 0 aliphatic carbocycles.